The first kappa shape index (κ1) is 17.9. The maximum Gasteiger partial charge on any atom is 0.0843 e. The Morgan fingerprint density at radius 1 is 1.11 bits per heavy atom. The van der Waals surface area contributed by atoms with Gasteiger partial charge in [0.2, 0.25) is 0 Å². The topological polar surface area (TPSA) is 20.2 Å². The lowest BCUT2D eigenvalue weighted by Gasteiger charge is -2.30. The van der Waals surface area contributed by atoms with Crippen molar-refractivity contribution in [1.82, 2.24) is 0 Å². The van der Waals surface area contributed by atoms with Crippen LogP contribution in [0.1, 0.15) is 37.9 Å². The van der Waals surface area contributed by atoms with E-state index in [1.54, 1.807) is 0 Å². The van der Waals surface area contributed by atoms with Crippen LogP contribution < -0.4 is 24.0 Å². The van der Waals surface area contributed by atoms with Gasteiger partial charge < -0.3 is 33.6 Å². The molecule has 0 saturated heterocycles. The summed E-state index contributed by atoms with van der Waals surface area (Å²) < 4.78 is 0.998. The first-order valence-electron chi connectivity index (χ1n) is 6.60. The Balaban J connectivity index is 0.00000289. The van der Waals surface area contributed by atoms with Crippen LogP contribution in [0.15, 0.2) is 30.3 Å². The van der Waals surface area contributed by atoms with Crippen LogP contribution in [0.25, 0.3) is 0 Å². The third-order valence-electron chi connectivity index (χ3n) is 3.31. The molecule has 1 aromatic rings. The van der Waals surface area contributed by atoms with E-state index >= 15 is 0 Å². The van der Waals surface area contributed by atoms with Crippen molar-refractivity contribution in [1.29, 1.82) is 0 Å². The monoisotopic (exact) mass is 363 g/mol. The van der Waals surface area contributed by atoms with Crippen molar-refractivity contribution < 1.29 is 33.6 Å². The van der Waals surface area contributed by atoms with Crippen LogP contribution in [0, 0.1) is 0 Å². The van der Waals surface area contributed by atoms with Crippen molar-refractivity contribution >= 4 is 0 Å². The van der Waals surface area contributed by atoms with Crippen molar-refractivity contribution in [2.45, 2.75) is 32.3 Å². The quantitative estimate of drug-likeness (QED) is 0.534. The molecule has 0 amide bonds. The molecule has 1 rings (SSSR count). The van der Waals surface area contributed by atoms with Crippen LogP contribution in [-0.2, 0) is 0 Å². The number of hydrogen-bond acceptors (Lipinski definition) is 1. The molecule has 1 aromatic carbocycles. The number of rotatable bonds is 7. The molecular formula is C15H26INO. The highest BCUT2D eigenvalue weighted by molar-refractivity contribution is 5.16. The lowest BCUT2D eigenvalue weighted by atomic mass is 10.1. The molecule has 1 N–H and O–H groups in total. The van der Waals surface area contributed by atoms with Gasteiger partial charge in [-0.25, -0.2) is 0 Å². The zero-order valence-electron chi connectivity index (χ0n) is 11.8. The summed E-state index contributed by atoms with van der Waals surface area (Å²) in [5.41, 5.74) is 1.03. The zero-order chi connectivity index (χ0) is 12.7. The average molecular weight is 363 g/mol. The van der Waals surface area contributed by atoms with Crippen LogP contribution in [0.5, 0.6) is 0 Å². The van der Waals surface area contributed by atoms with Crippen molar-refractivity contribution in [2.24, 2.45) is 0 Å². The summed E-state index contributed by atoms with van der Waals surface area (Å²) in [7, 11) is 4.49. The number of aliphatic hydroxyl groups excluding tert-OH is 1. The summed E-state index contributed by atoms with van der Waals surface area (Å²) in [5.74, 6) is 0. The molecule has 104 valence electrons. The third kappa shape index (κ3) is 6.71. The number of quaternary nitrogens is 1. The molecular weight excluding hydrogens is 337 g/mol. The molecule has 0 aliphatic rings. The highest BCUT2D eigenvalue weighted by atomic mass is 127. The second-order valence-electron chi connectivity index (χ2n) is 5.45. The second kappa shape index (κ2) is 8.88. The molecule has 0 fully saturated rings. The molecule has 1 unspecified atom stereocenters. The molecule has 2 nitrogen and oxygen atoms in total. The van der Waals surface area contributed by atoms with E-state index in [9.17, 15) is 5.11 Å². The lowest BCUT2D eigenvalue weighted by Crippen LogP contribution is -3.00. The Hall–Kier alpha value is -0.130. The fraction of sp³-hybridized carbons (Fsp3) is 0.600. The molecule has 0 spiro atoms. The van der Waals surface area contributed by atoms with E-state index in [4.69, 9.17) is 0 Å². The molecule has 18 heavy (non-hydrogen) atoms. The number of unbranched alkanes of at least 4 members (excludes halogenated alkanes) is 1. The van der Waals surface area contributed by atoms with E-state index in [1.807, 2.05) is 30.3 Å². The summed E-state index contributed by atoms with van der Waals surface area (Å²) in [6.07, 6.45) is 3.01. The van der Waals surface area contributed by atoms with E-state index in [-0.39, 0.29) is 30.1 Å². The minimum absolute atomic E-state index is 0. The van der Waals surface area contributed by atoms with E-state index < -0.39 is 0 Å². The normalized spacial score (nSPS) is 12.9. The number of hydrogen-bond donors (Lipinski definition) is 1. The van der Waals surface area contributed by atoms with Crippen molar-refractivity contribution in [3.05, 3.63) is 35.9 Å². The summed E-state index contributed by atoms with van der Waals surface area (Å²) in [4.78, 5) is 0. The van der Waals surface area contributed by atoms with Gasteiger partial charge in [-0.15, -0.1) is 0 Å². The van der Waals surface area contributed by atoms with Gasteiger partial charge in [0.15, 0.2) is 0 Å². The number of nitrogens with zero attached hydrogens (tertiary/aromatic N) is 1. The Bertz CT molecular complexity index is 314. The van der Waals surface area contributed by atoms with Gasteiger partial charge >= 0.3 is 0 Å². The summed E-state index contributed by atoms with van der Waals surface area (Å²) in [6, 6.07) is 9.94. The van der Waals surface area contributed by atoms with Gasteiger partial charge in [0.25, 0.3) is 0 Å². The Morgan fingerprint density at radius 2 is 1.72 bits per heavy atom. The van der Waals surface area contributed by atoms with Crippen molar-refractivity contribution in [3.8, 4) is 0 Å². The molecule has 0 saturated carbocycles. The van der Waals surface area contributed by atoms with Crippen LogP contribution >= 0.6 is 0 Å². The predicted octanol–water partition coefficient (Wildman–Crippen LogP) is -0.00940. The van der Waals surface area contributed by atoms with Crippen molar-refractivity contribution in [2.75, 3.05) is 27.2 Å². The summed E-state index contributed by atoms with van der Waals surface area (Å²) in [5, 5.41) is 10.1. The van der Waals surface area contributed by atoms with Gasteiger partial charge in [0, 0.05) is 6.42 Å². The Morgan fingerprint density at radius 3 is 2.28 bits per heavy atom. The lowest BCUT2D eigenvalue weighted by molar-refractivity contribution is -0.891. The maximum absolute atomic E-state index is 10.1. The smallest absolute Gasteiger partial charge is 0.0843 e. The highest BCUT2D eigenvalue weighted by Crippen LogP contribution is 2.17. The Labute approximate surface area is 129 Å². The average Bonchev–Trinajstić information content (AvgIpc) is 2.35. The fourth-order valence-electron chi connectivity index (χ4n) is 2.01. The van der Waals surface area contributed by atoms with E-state index in [2.05, 4.69) is 21.0 Å². The van der Waals surface area contributed by atoms with Crippen LogP contribution in [0.3, 0.4) is 0 Å². The third-order valence-corrected chi connectivity index (χ3v) is 3.31. The first-order chi connectivity index (χ1) is 8.05. The maximum atomic E-state index is 10.1. The number of benzene rings is 1. The second-order valence-corrected chi connectivity index (χ2v) is 5.45. The van der Waals surface area contributed by atoms with Crippen molar-refractivity contribution in [3.63, 3.8) is 0 Å². The largest absolute Gasteiger partial charge is 1.00 e. The SMILES string of the molecule is CCCC[N+](C)(C)CCC(O)c1ccccc1.[I-]. The highest BCUT2D eigenvalue weighted by Gasteiger charge is 2.17. The molecule has 0 heterocycles. The standard InChI is InChI=1S/C15H26NO.HI/c1-4-5-12-16(2,3)13-11-15(17)14-9-7-6-8-10-14;/h6-10,15,17H,4-5,11-13H2,1-3H3;1H/q+1;/p-1. The van der Waals surface area contributed by atoms with E-state index in [0.29, 0.717) is 0 Å². The molecule has 1 atom stereocenters. The van der Waals surface area contributed by atoms with E-state index in [0.717, 1.165) is 23.0 Å². The molecule has 0 aromatic heterocycles. The first-order valence-corrected chi connectivity index (χ1v) is 6.60. The number of aliphatic hydroxyl groups is 1. The Kier molecular flexibility index (Phi) is 8.82. The van der Waals surface area contributed by atoms with Crippen LogP contribution in [0.2, 0.25) is 0 Å². The molecule has 0 radical (unpaired) electrons. The number of halogens is 1. The van der Waals surface area contributed by atoms with Gasteiger partial charge in [-0.05, 0) is 12.0 Å². The summed E-state index contributed by atoms with van der Waals surface area (Å²) >= 11 is 0. The molecule has 0 aliphatic heterocycles. The molecule has 0 aliphatic carbocycles. The van der Waals surface area contributed by atoms with Gasteiger partial charge in [-0.3, -0.25) is 0 Å². The zero-order valence-corrected chi connectivity index (χ0v) is 13.9. The van der Waals surface area contributed by atoms with Gasteiger partial charge in [0.05, 0.1) is 33.3 Å². The molecule has 3 heteroatoms. The van der Waals surface area contributed by atoms with Crippen LogP contribution in [-0.4, -0.2) is 36.8 Å². The van der Waals surface area contributed by atoms with Gasteiger partial charge in [-0.2, -0.15) is 0 Å². The van der Waals surface area contributed by atoms with Gasteiger partial charge in [0.1, 0.15) is 0 Å². The summed E-state index contributed by atoms with van der Waals surface area (Å²) in [6.45, 7) is 4.44. The minimum Gasteiger partial charge on any atom is -1.00 e. The van der Waals surface area contributed by atoms with E-state index in [1.165, 1.54) is 19.4 Å². The van der Waals surface area contributed by atoms with Crippen LogP contribution in [0.4, 0.5) is 0 Å². The molecule has 0 bridgehead atoms. The fourth-order valence-corrected chi connectivity index (χ4v) is 2.01. The van der Waals surface area contributed by atoms with Gasteiger partial charge in [-0.1, -0.05) is 43.7 Å². The minimum atomic E-state index is -0.324. The predicted molar refractivity (Wildman–Crippen MR) is 72.8 cm³/mol.